The molecule has 0 aromatic heterocycles. The molecule has 1 heterocycles. The predicted molar refractivity (Wildman–Crippen MR) is 175 cm³/mol. The molecule has 4 aromatic carbocycles. The zero-order valence-electron chi connectivity index (χ0n) is 26.2. The van der Waals surface area contributed by atoms with Gasteiger partial charge in [0.1, 0.15) is 5.82 Å². The molecular weight excluding hydrogens is 585 g/mol. The van der Waals surface area contributed by atoms with Gasteiger partial charge in [0.15, 0.2) is 0 Å². The number of ether oxygens (including phenoxy) is 1. The van der Waals surface area contributed by atoms with Gasteiger partial charge in [0.05, 0.1) is 23.8 Å². The van der Waals surface area contributed by atoms with Crippen molar-refractivity contribution in [2.24, 2.45) is 0 Å². The number of carbonyl (C=O) groups excluding carboxylic acids is 2. The Morgan fingerprint density at radius 3 is 1.96 bits per heavy atom. The molecule has 0 aliphatic carbocycles. The molecule has 6 nitrogen and oxygen atoms in total. The van der Waals surface area contributed by atoms with Crippen LogP contribution in [0.1, 0.15) is 72.9 Å². The molecule has 8 heteroatoms. The lowest BCUT2D eigenvalue weighted by Crippen LogP contribution is -2.68. The van der Waals surface area contributed by atoms with Crippen LogP contribution in [0.3, 0.4) is 0 Å². The van der Waals surface area contributed by atoms with Crippen LogP contribution in [-0.4, -0.2) is 44.6 Å². The first-order valence-corrected chi connectivity index (χ1v) is 17.3. The van der Waals surface area contributed by atoms with Crippen LogP contribution in [0.15, 0.2) is 109 Å². The van der Waals surface area contributed by atoms with Crippen molar-refractivity contribution in [3.63, 3.8) is 0 Å². The van der Waals surface area contributed by atoms with E-state index in [1.807, 2.05) is 18.2 Å². The Kier molecular flexibility index (Phi) is 9.97. The number of benzene rings is 4. The Morgan fingerprint density at radius 1 is 0.844 bits per heavy atom. The fourth-order valence-corrected chi connectivity index (χ4v) is 10.9. The molecule has 5 rings (SSSR count). The molecule has 0 N–H and O–H groups in total. The number of hydrogen-bond donors (Lipinski definition) is 0. The fraction of sp³-hybridized carbons (Fsp3) is 0.297. The Balaban J connectivity index is 1.52. The summed E-state index contributed by atoms with van der Waals surface area (Å²) in [4.78, 5) is 31.4. The molecule has 0 spiro atoms. The Morgan fingerprint density at radius 2 is 1.42 bits per heavy atom. The number of esters is 1. The zero-order chi connectivity index (χ0) is 32.0. The van der Waals surface area contributed by atoms with Crippen LogP contribution < -0.4 is 10.4 Å². The number of halogens is 1. The van der Waals surface area contributed by atoms with Crippen LogP contribution in [0.4, 0.5) is 4.39 Å². The summed E-state index contributed by atoms with van der Waals surface area (Å²) >= 11 is 0. The summed E-state index contributed by atoms with van der Waals surface area (Å²) < 4.78 is 27.8. The maximum atomic E-state index is 15.3. The summed E-state index contributed by atoms with van der Waals surface area (Å²) in [5.41, 5.74) is 0.868. The molecule has 1 fully saturated rings. The summed E-state index contributed by atoms with van der Waals surface area (Å²) in [5.74, 6) is -1.89. The van der Waals surface area contributed by atoms with Crippen LogP contribution in [0.5, 0.6) is 0 Å². The van der Waals surface area contributed by atoms with Gasteiger partial charge in [-0.3, -0.25) is 0 Å². The lowest BCUT2D eigenvalue weighted by molar-refractivity contribution is -0.166. The highest BCUT2D eigenvalue weighted by molar-refractivity contribution is 6.99. The van der Waals surface area contributed by atoms with Gasteiger partial charge in [-0.2, -0.15) is 0 Å². The maximum absolute atomic E-state index is 15.3. The third-order valence-corrected chi connectivity index (χ3v) is 13.4. The van der Waals surface area contributed by atoms with E-state index in [0.29, 0.717) is 30.5 Å². The molecule has 4 aromatic rings. The SMILES string of the molecule is CCOC(=O)c1ccc([C@@H]2CC(O[Si](c3ccccc3)(c3ccccc3)C(C)(C)C)CCN2OC(=O)c2ccccc2)cc1F. The summed E-state index contributed by atoms with van der Waals surface area (Å²) in [6, 6.07) is 33.6. The summed E-state index contributed by atoms with van der Waals surface area (Å²) in [5, 5.41) is 3.74. The van der Waals surface area contributed by atoms with E-state index >= 15 is 4.39 Å². The van der Waals surface area contributed by atoms with Crippen LogP contribution in [-0.2, 0) is 14.0 Å². The Hall–Kier alpha value is -4.11. The molecule has 1 unspecified atom stereocenters. The van der Waals surface area contributed by atoms with E-state index in [1.54, 1.807) is 42.3 Å². The van der Waals surface area contributed by atoms with Gasteiger partial charge >= 0.3 is 11.9 Å². The predicted octanol–water partition coefficient (Wildman–Crippen LogP) is 6.86. The van der Waals surface area contributed by atoms with Crippen LogP contribution >= 0.6 is 0 Å². The average molecular weight is 626 g/mol. The molecule has 0 saturated carbocycles. The number of rotatable bonds is 9. The Bertz CT molecular complexity index is 1550. The van der Waals surface area contributed by atoms with E-state index in [9.17, 15) is 9.59 Å². The number of hydroxylamine groups is 2. The van der Waals surface area contributed by atoms with Gasteiger partial charge in [-0.1, -0.05) is 106 Å². The first kappa shape index (κ1) is 32.3. The first-order valence-electron chi connectivity index (χ1n) is 15.4. The smallest absolute Gasteiger partial charge is 0.357 e. The second-order valence-electron chi connectivity index (χ2n) is 12.3. The van der Waals surface area contributed by atoms with Gasteiger partial charge in [-0.05, 0) is 65.0 Å². The maximum Gasteiger partial charge on any atom is 0.357 e. The van der Waals surface area contributed by atoms with Crippen molar-refractivity contribution in [1.82, 2.24) is 5.06 Å². The molecular formula is C37H40FNO5Si. The van der Waals surface area contributed by atoms with Crippen LogP contribution in [0.25, 0.3) is 0 Å². The zero-order valence-corrected chi connectivity index (χ0v) is 27.2. The van der Waals surface area contributed by atoms with Gasteiger partial charge in [0.2, 0.25) is 0 Å². The van der Waals surface area contributed by atoms with Crippen molar-refractivity contribution < 1.29 is 28.0 Å². The molecule has 0 amide bonds. The summed E-state index contributed by atoms with van der Waals surface area (Å²) in [7, 11) is -2.88. The third kappa shape index (κ3) is 6.93. The second kappa shape index (κ2) is 13.9. The van der Waals surface area contributed by atoms with Gasteiger partial charge in [0.25, 0.3) is 8.32 Å². The highest BCUT2D eigenvalue weighted by Crippen LogP contribution is 2.41. The van der Waals surface area contributed by atoms with Crippen molar-refractivity contribution in [3.05, 3.63) is 132 Å². The summed E-state index contributed by atoms with van der Waals surface area (Å²) in [6.45, 7) is 8.91. The third-order valence-electron chi connectivity index (χ3n) is 8.35. The van der Waals surface area contributed by atoms with E-state index in [1.165, 1.54) is 22.5 Å². The highest BCUT2D eigenvalue weighted by atomic mass is 28.4. The Labute approximate surface area is 265 Å². The largest absolute Gasteiger partial charge is 0.462 e. The minimum Gasteiger partial charge on any atom is -0.462 e. The fourth-order valence-electron chi connectivity index (χ4n) is 6.22. The van der Waals surface area contributed by atoms with Crippen molar-refractivity contribution in [1.29, 1.82) is 0 Å². The monoisotopic (exact) mass is 625 g/mol. The highest BCUT2D eigenvalue weighted by Gasteiger charge is 2.52. The van der Waals surface area contributed by atoms with Gasteiger partial charge < -0.3 is 14.0 Å². The normalized spacial score (nSPS) is 17.4. The summed E-state index contributed by atoms with van der Waals surface area (Å²) in [6.07, 6.45) is 0.831. The van der Waals surface area contributed by atoms with Crippen molar-refractivity contribution >= 4 is 30.6 Å². The van der Waals surface area contributed by atoms with Crippen LogP contribution in [0.2, 0.25) is 5.04 Å². The van der Waals surface area contributed by atoms with E-state index in [2.05, 4.69) is 69.3 Å². The quantitative estimate of drug-likeness (QED) is 0.150. The van der Waals surface area contributed by atoms with Gasteiger partial charge in [-0.25, -0.2) is 14.0 Å². The lowest BCUT2D eigenvalue weighted by atomic mass is 9.94. The van der Waals surface area contributed by atoms with Crippen molar-refractivity contribution in [3.8, 4) is 0 Å². The minimum atomic E-state index is -2.88. The molecule has 2 atom stereocenters. The lowest BCUT2D eigenvalue weighted by Gasteiger charge is -2.47. The number of carbonyl (C=O) groups is 2. The molecule has 1 aliphatic heterocycles. The van der Waals surface area contributed by atoms with E-state index in [-0.39, 0.29) is 23.3 Å². The molecule has 0 bridgehead atoms. The molecule has 234 valence electrons. The van der Waals surface area contributed by atoms with E-state index in [4.69, 9.17) is 14.0 Å². The molecule has 1 aliphatic rings. The second-order valence-corrected chi connectivity index (χ2v) is 16.5. The number of piperidine rings is 1. The molecule has 45 heavy (non-hydrogen) atoms. The van der Waals surface area contributed by atoms with Crippen LogP contribution in [0, 0.1) is 5.82 Å². The van der Waals surface area contributed by atoms with Gasteiger partial charge in [-0.15, -0.1) is 5.06 Å². The number of hydrogen-bond acceptors (Lipinski definition) is 6. The number of nitrogens with zero attached hydrogens (tertiary/aromatic N) is 1. The molecule has 1 saturated heterocycles. The van der Waals surface area contributed by atoms with E-state index in [0.717, 1.165) is 0 Å². The van der Waals surface area contributed by atoms with Gasteiger partial charge in [0, 0.05) is 12.6 Å². The standard InChI is InChI=1S/C37H40FNO5Si/c1-5-42-36(41)32-22-21-28(25-33(32)38)34-26-29(23-24-39(34)43-35(40)27-15-9-6-10-16-27)44-45(37(2,3)4,30-17-11-7-12-18-30)31-19-13-8-14-20-31/h6-22,25,29,34H,5,23-24,26H2,1-4H3/t29?,34-/m0/s1. The topological polar surface area (TPSA) is 65.1 Å². The van der Waals surface area contributed by atoms with Crippen molar-refractivity contribution in [2.45, 2.75) is 57.7 Å². The minimum absolute atomic E-state index is 0.135. The molecule has 0 radical (unpaired) electrons. The first-order chi connectivity index (χ1) is 21.6. The van der Waals surface area contributed by atoms with Crippen molar-refractivity contribution in [2.75, 3.05) is 13.2 Å². The average Bonchev–Trinajstić information content (AvgIpc) is 3.05. The van der Waals surface area contributed by atoms with E-state index < -0.39 is 32.1 Å².